The lowest BCUT2D eigenvalue weighted by Crippen LogP contribution is -2.54. The zero-order valence-corrected chi connectivity index (χ0v) is 24.6. The van der Waals surface area contributed by atoms with Crippen LogP contribution in [0.5, 0.6) is 5.75 Å². The first-order valence-corrected chi connectivity index (χ1v) is 14.8. The van der Waals surface area contributed by atoms with Gasteiger partial charge < -0.3 is 30.3 Å². The Bertz CT molecular complexity index is 1290. The molecule has 3 unspecified atom stereocenters. The molecule has 3 aromatic carbocycles. The molecule has 4 N–H and O–H groups in total. The summed E-state index contributed by atoms with van der Waals surface area (Å²) in [4.78, 5) is 41.9. The third kappa shape index (κ3) is 8.92. The quantitative estimate of drug-likeness (QED) is 0.239. The number of rotatable bonds is 12. The van der Waals surface area contributed by atoms with Crippen molar-refractivity contribution >= 4 is 25.0 Å². The Hall–Kier alpha value is -4.15. The third-order valence-corrected chi connectivity index (χ3v) is 7.66. The molecule has 3 atom stereocenters. The van der Waals surface area contributed by atoms with E-state index in [2.05, 4.69) is 10.6 Å². The predicted octanol–water partition coefficient (Wildman–Crippen LogP) is 3.90. The molecular formula is C33H40BN3O6. The van der Waals surface area contributed by atoms with Gasteiger partial charge in [-0.3, -0.25) is 9.59 Å². The molecule has 0 aromatic heterocycles. The summed E-state index contributed by atoms with van der Waals surface area (Å²) < 4.78 is 5.54. The van der Waals surface area contributed by atoms with Gasteiger partial charge in [0.25, 0.3) is 0 Å². The average Bonchev–Trinajstić information content (AvgIpc) is 3.49. The number of nitrogens with zero attached hydrogens (tertiary/aromatic N) is 1. The number of likely N-dealkylation sites (tertiary alicyclic amines) is 1. The Kier molecular flexibility index (Phi) is 11.4. The molecule has 1 fully saturated rings. The van der Waals surface area contributed by atoms with Gasteiger partial charge in [0.2, 0.25) is 11.8 Å². The first-order chi connectivity index (χ1) is 20.7. The zero-order valence-electron chi connectivity index (χ0n) is 24.6. The van der Waals surface area contributed by atoms with Crippen LogP contribution in [-0.2, 0) is 9.59 Å². The van der Waals surface area contributed by atoms with E-state index in [9.17, 15) is 24.4 Å². The second kappa shape index (κ2) is 15.4. The molecule has 1 aliphatic rings. The van der Waals surface area contributed by atoms with Crippen molar-refractivity contribution in [2.75, 3.05) is 6.54 Å². The Morgan fingerprint density at radius 1 is 0.884 bits per heavy atom. The molecule has 4 rings (SSSR count). The summed E-state index contributed by atoms with van der Waals surface area (Å²) in [5.74, 6) is -1.43. The fourth-order valence-corrected chi connectivity index (χ4v) is 5.69. The van der Waals surface area contributed by atoms with Gasteiger partial charge in [0.1, 0.15) is 11.8 Å². The molecule has 0 saturated carbocycles. The number of carbonyl (C=O) groups excluding carboxylic acids is 3. The minimum atomic E-state index is -1.71. The number of nitrogens with one attached hydrogen (secondary N) is 2. The van der Waals surface area contributed by atoms with Gasteiger partial charge >= 0.3 is 13.2 Å². The molecule has 10 heteroatoms. The molecule has 9 nitrogen and oxygen atoms in total. The molecule has 1 heterocycles. The van der Waals surface area contributed by atoms with E-state index in [-0.39, 0.29) is 24.2 Å². The van der Waals surface area contributed by atoms with Crippen LogP contribution in [0.3, 0.4) is 0 Å². The molecule has 0 spiro atoms. The number of ether oxygens (including phenoxy) is 1. The maximum Gasteiger partial charge on any atom is 0.475 e. The van der Waals surface area contributed by atoms with Crippen molar-refractivity contribution in [2.45, 2.75) is 63.5 Å². The molecule has 0 aliphatic carbocycles. The molecule has 226 valence electrons. The molecule has 3 aromatic rings. The fraction of sp³-hybridized carbons (Fsp3) is 0.364. The number of benzene rings is 3. The maximum atomic E-state index is 13.9. The monoisotopic (exact) mass is 585 g/mol. The summed E-state index contributed by atoms with van der Waals surface area (Å²) in [5, 5.41) is 25.3. The summed E-state index contributed by atoms with van der Waals surface area (Å²) in [6.45, 7) is 4.24. The van der Waals surface area contributed by atoms with Crippen LogP contribution < -0.4 is 15.4 Å². The van der Waals surface area contributed by atoms with Crippen LogP contribution in [-0.4, -0.2) is 64.5 Å². The normalized spacial score (nSPS) is 16.0. The van der Waals surface area contributed by atoms with Crippen LogP contribution in [0.15, 0.2) is 91.0 Å². The number of amides is 3. The molecule has 1 saturated heterocycles. The van der Waals surface area contributed by atoms with Gasteiger partial charge in [0.15, 0.2) is 0 Å². The topological polar surface area (TPSA) is 128 Å². The minimum Gasteiger partial charge on any atom is -0.426 e. The van der Waals surface area contributed by atoms with Gasteiger partial charge in [-0.25, -0.2) is 4.79 Å². The molecule has 0 bridgehead atoms. The van der Waals surface area contributed by atoms with Crippen LogP contribution >= 0.6 is 0 Å². The van der Waals surface area contributed by atoms with Crippen molar-refractivity contribution in [3.05, 3.63) is 102 Å². The third-order valence-electron chi connectivity index (χ3n) is 7.66. The highest BCUT2D eigenvalue weighted by Crippen LogP contribution is 2.31. The van der Waals surface area contributed by atoms with Crippen molar-refractivity contribution in [2.24, 2.45) is 5.92 Å². The summed E-state index contributed by atoms with van der Waals surface area (Å²) in [7, 11) is -1.71. The highest BCUT2D eigenvalue weighted by atomic mass is 16.6. The van der Waals surface area contributed by atoms with Crippen molar-refractivity contribution in [1.29, 1.82) is 0 Å². The Morgan fingerprint density at radius 2 is 1.44 bits per heavy atom. The van der Waals surface area contributed by atoms with Gasteiger partial charge in [-0.2, -0.15) is 0 Å². The van der Waals surface area contributed by atoms with Crippen LogP contribution in [0.2, 0.25) is 0 Å². The molecule has 3 amide bonds. The summed E-state index contributed by atoms with van der Waals surface area (Å²) in [6.07, 6.45) is 0.706. The summed E-state index contributed by atoms with van der Waals surface area (Å²) in [6, 6.07) is 26.6. The smallest absolute Gasteiger partial charge is 0.426 e. The summed E-state index contributed by atoms with van der Waals surface area (Å²) in [5.41, 5.74) is 1.83. The largest absolute Gasteiger partial charge is 0.475 e. The van der Waals surface area contributed by atoms with E-state index in [0.717, 1.165) is 11.1 Å². The van der Waals surface area contributed by atoms with Gasteiger partial charge in [-0.1, -0.05) is 92.7 Å². The zero-order chi connectivity index (χ0) is 30.8. The van der Waals surface area contributed by atoms with E-state index in [1.54, 1.807) is 24.3 Å². The second-order valence-electron chi connectivity index (χ2n) is 11.4. The molecule has 0 radical (unpaired) electrons. The van der Waals surface area contributed by atoms with Crippen molar-refractivity contribution < 1.29 is 29.2 Å². The van der Waals surface area contributed by atoms with Gasteiger partial charge in [-0.15, -0.1) is 0 Å². The molecule has 1 aliphatic heterocycles. The van der Waals surface area contributed by atoms with Crippen LogP contribution in [0.4, 0.5) is 4.79 Å². The van der Waals surface area contributed by atoms with E-state index in [4.69, 9.17) is 4.74 Å². The van der Waals surface area contributed by atoms with Gasteiger partial charge in [0, 0.05) is 18.9 Å². The van der Waals surface area contributed by atoms with E-state index in [0.29, 0.717) is 31.6 Å². The highest BCUT2D eigenvalue weighted by molar-refractivity contribution is 6.43. The average molecular weight is 586 g/mol. The van der Waals surface area contributed by atoms with Gasteiger partial charge in [-0.05, 0) is 48.4 Å². The predicted molar refractivity (Wildman–Crippen MR) is 165 cm³/mol. The lowest BCUT2D eigenvalue weighted by atomic mass is 9.75. The summed E-state index contributed by atoms with van der Waals surface area (Å²) >= 11 is 0. The lowest BCUT2D eigenvalue weighted by Gasteiger charge is -2.32. The van der Waals surface area contributed by atoms with E-state index in [1.807, 2.05) is 80.6 Å². The van der Waals surface area contributed by atoms with Crippen LogP contribution in [0, 0.1) is 5.92 Å². The molecule has 43 heavy (non-hydrogen) atoms. The van der Waals surface area contributed by atoms with E-state index >= 15 is 0 Å². The highest BCUT2D eigenvalue weighted by Gasteiger charge is 2.39. The molecular weight excluding hydrogens is 545 g/mol. The first kappa shape index (κ1) is 31.8. The minimum absolute atomic E-state index is 0.0832. The number of hydrogen-bond acceptors (Lipinski definition) is 6. The lowest BCUT2D eigenvalue weighted by molar-refractivity contribution is -0.139. The van der Waals surface area contributed by atoms with E-state index in [1.165, 1.54) is 4.90 Å². The Balaban J connectivity index is 1.59. The SMILES string of the molecule is CC(C)CC(NC(=O)C1CCCN1C(=O)CC(NC(=O)Oc1ccccc1)C(c1ccccc1)c1ccccc1)B(O)O. The first-order valence-electron chi connectivity index (χ1n) is 14.8. The van der Waals surface area contributed by atoms with Gasteiger partial charge in [0.05, 0.1) is 12.0 Å². The maximum absolute atomic E-state index is 13.9. The van der Waals surface area contributed by atoms with Crippen molar-refractivity contribution in [3.63, 3.8) is 0 Å². The number of para-hydroxylation sites is 1. The van der Waals surface area contributed by atoms with Crippen LogP contribution in [0.1, 0.15) is 56.6 Å². The Labute approximate surface area is 253 Å². The number of hydrogen-bond donors (Lipinski definition) is 4. The number of carbonyl (C=O) groups is 3. The van der Waals surface area contributed by atoms with Crippen molar-refractivity contribution in [3.8, 4) is 5.75 Å². The second-order valence-corrected chi connectivity index (χ2v) is 11.4. The Morgan fingerprint density at radius 3 is 1.98 bits per heavy atom. The standard InChI is InChI=1S/C33H40BN3O6/c1-23(2)21-29(34(41)42)36-32(39)28-19-12-20-37(28)30(38)22-27(35-33(40)43-26-17-10-5-11-18-26)31(24-13-6-3-7-14-24)25-15-8-4-9-16-25/h3-11,13-18,23,27-29,31,41-42H,12,19-22H2,1-2H3,(H,35,40)(H,36,39). The van der Waals surface area contributed by atoms with E-state index < -0.39 is 37.1 Å². The van der Waals surface area contributed by atoms with Crippen molar-refractivity contribution in [1.82, 2.24) is 15.5 Å². The fourth-order valence-electron chi connectivity index (χ4n) is 5.69. The van der Waals surface area contributed by atoms with Crippen LogP contribution in [0.25, 0.3) is 0 Å².